The summed E-state index contributed by atoms with van der Waals surface area (Å²) >= 11 is 7.36. The summed E-state index contributed by atoms with van der Waals surface area (Å²) in [6.07, 6.45) is 5.86. The van der Waals surface area contributed by atoms with Crippen LogP contribution < -0.4 is 5.32 Å². The third kappa shape index (κ3) is 3.70. The molecule has 4 nitrogen and oxygen atoms in total. The largest absolute Gasteiger partial charge is 0.359 e. The zero-order chi connectivity index (χ0) is 16.4. The molecule has 23 heavy (non-hydrogen) atoms. The average Bonchev–Trinajstić information content (AvgIpc) is 2.90. The van der Waals surface area contributed by atoms with Crippen LogP contribution in [0.2, 0.25) is 4.34 Å². The Morgan fingerprint density at radius 1 is 1.17 bits per heavy atom. The van der Waals surface area contributed by atoms with E-state index in [-0.39, 0.29) is 14.3 Å². The van der Waals surface area contributed by atoms with Crippen LogP contribution in [0.4, 0.5) is 5.13 Å². The molecule has 1 saturated carbocycles. The van der Waals surface area contributed by atoms with Crippen molar-refractivity contribution in [3.63, 3.8) is 0 Å². The average molecular weight is 371 g/mol. The van der Waals surface area contributed by atoms with Crippen LogP contribution in [0.1, 0.15) is 37.7 Å². The molecular formula is C16H19ClN2O2S2. The molecule has 2 aromatic rings. The molecule has 0 unspecified atom stereocenters. The summed E-state index contributed by atoms with van der Waals surface area (Å²) in [6.45, 7) is 1.92. The predicted molar refractivity (Wildman–Crippen MR) is 94.3 cm³/mol. The van der Waals surface area contributed by atoms with Crippen LogP contribution in [-0.2, 0) is 9.84 Å². The third-order valence-corrected chi connectivity index (χ3v) is 7.20. The summed E-state index contributed by atoms with van der Waals surface area (Å²) in [5, 5.41) is 3.87. The second-order valence-electron chi connectivity index (χ2n) is 5.89. The number of thiazole rings is 1. The van der Waals surface area contributed by atoms with Gasteiger partial charge in [-0.3, -0.25) is 0 Å². The lowest BCUT2D eigenvalue weighted by molar-refractivity contribution is 0.462. The maximum atomic E-state index is 12.7. The van der Waals surface area contributed by atoms with Gasteiger partial charge in [-0.15, -0.1) is 0 Å². The highest BCUT2D eigenvalue weighted by molar-refractivity contribution is 7.91. The van der Waals surface area contributed by atoms with Crippen molar-refractivity contribution in [3.05, 3.63) is 34.2 Å². The van der Waals surface area contributed by atoms with Crippen molar-refractivity contribution in [2.24, 2.45) is 0 Å². The molecule has 0 radical (unpaired) electrons. The summed E-state index contributed by atoms with van der Waals surface area (Å²) in [5.74, 6) is 0. The van der Waals surface area contributed by atoms with E-state index in [2.05, 4.69) is 10.3 Å². The maximum absolute atomic E-state index is 12.7. The van der Waals surface area contributed by atoms with Crippen molar-refractivity contribution in [2.45, 2.75) is 55.0 Å². The van der Waals surface area contributed by atoms with E-state index < -0.39 is 9.84 Å². The molecule has 7 heteroatoms. The number of aryl methyl sites for hydroxylation is 1. The van der Waals surface area contributed by atoms with Gasteiger partial charge in [0, 0.05) is 6.04 Å². The number of aromatic nitrogens is 1. The number of nitrogens with zero attached hydrogens (tertiary/aromatic N) is 1. The van der Waals surface area contributed by atoms with Gasteiger partial charge in [-0.1, -0.05) is 59.9 Å². The molecule has 1 N–H and O–H groups in total. The van der Waals surface area contributed by atoms with Gasteiger partial charge in [0.05, 0.1) is 4.90 Å². The van der Waals surface area contributed by atoms with Gasteiger partial charge in [0.2, 0.25) is 9.84 Å². The molecule has 0 atom stereocenters. The minimum Gasteiger partial charge on any atom is -0.359 e. The number of benzene rings is 1. The summed E-state index contributed by atoms with van der Waals surface area (Å²) in [7, 11) is -3.68. The van der Waals surface area contributed by atoms with Gasteiger partial charge < -0.3 is 5.32 Å². The number of rotatable bonds is 4. The lowest BCUT2D eigenvalue weighted by Gasteiger charge is -2.22. The number of sulfone groups is 1. The van der Waals surface area contributed by atoms with Gasteiger partial charge in [0.1, 0.15) is 4.34 Å². The van der Waals surface area contributed by atoms with E-state index in [0.29, 0.717) is 11.2 Å². The Morgan fingerprint density at radius 2 is 1.83 bits per heavy atom. The molecule has 1 aromatic carbocycles. The fraction of sp³-hybridized carbons (Fsp3) is 0.438. The van der Waals surface area contributed by atoms with Gasteiger partial charge in [0.25, 0.3) is 0 Å². The smallest absolute Gasteiger partial charge is 0.226 e. The van der Waals surface area contributed by atoms with Crippen molar-refractivity contribution in [1.82, 2.24) is 4.98 Å². The van der Waals surface area contributed by atoms with E-state index in [4.69, 9.17) is 11.6 Å². The fourth-order valence-corrected chi connectivity index (χ4v) is 5.65. The summed E-state index contributed by atoms with van der Waals surface area (Å²) in [6, 6.07) is 7.09. The highest BCUT2D eigenvalue weighted by Crippen LogP contribution is 2.35. The summed E-state index contributed by atoms with van der Waals surface area (Å²) < 4.78 is 25.6. The molecular weight excluding hydrogens is 352 g/mol. The van der Waals surface area contributed by atoms with E-state index in [1.807, 2.05) is 6.92 Å². The monoisotopic (exact) mass is 370 g/mol. The van der Waals surface area contributed by atoms with Gasteiger partial charge in [0.15, 0.2) is 10.2 Å². The zero-order valence-electron chi connectivity index (χ0n) is 12.9. The molecule has 0 amide bonds. The number of anilines is 1. The van der Waals surface area contributed by atoms with Crippen molar-refractivity contribution < 1.29 is 8.42 Å². The first-order chi connectivity index (χ1) is 11.0. The standard InChI is InChI=1S/C16H19ClN2O2S2/c1-11-7-9-13(10-8-11)23(20,21)15-14(17)22-16(19-15)18-12-5-3-2-4-6-12/h7-10,12H,2-6H2,1H3,(H,18,19). The van der Waals surface area contributed by atoms with Crippen LogP contribution in [-0.4, -0.2) is 19.4 Å². The van der Waals surface area contributed by atoms with Crippen molar-refractivity contribution >= 4 is 37.9 Å². The SMILES string of the molecule is Cc1ccc(S(=O)(=O)c2nc(NC3CCCCC3)sc2Cl)cc1. The van der Waals surface area contributed by atoms with Gasteiger partial charge in [-0.05, 0) is 31.9 Å². The number of hydrogen-bond acceptors (Lipinski definition) is 5. The first-order valence-corrected chi connectivity index (χ1v) is 10.4. The van der Waals surface area contributed by atoms with Gasteiger partial charge in [-0.25, -0.2) is 13.4 Å². The van der Waals surface area contributed by atoms with E-state index >= 15 is 0 Å². The molecule has 1 aromatic heterocycles. The fourth-order valence-electron chi connectivity index (χ4n) is 2.77. The second-order valence-corrected chi connectivity index (χ2v) is 9.36. The number of hydrogen-bond donors (Lipinski definition) is 1. The Bertz CT molecular complexity index is 779. The Kier molecular flexibility index (Phi) is 4.94. The topological polar surface area (TPSA) is 59.1 Å². The van der Waals surface area contributed by atoms with Gasteiger partial charge >= 0.3 is 0 Å². The summed E-state index contributed by atoms with van der Waals surface area (Å²) in [5.41, 5.74) is 1.01. The summed E-state index contributed by atoms with van der Waals surface area (Å²) in [4.78, 5) is 4.48. The first-order valence-electron chi connectivity index (χ1n) is 7.71. The Balaban J connectivity index is 1.86. The highest BCUT2D eigenvalue weighted by atomic mass is 35.5. The molecule has 0 saturated heterocycles. The molecule has 1 heterocycles. The number of nitrogens with one attached hydrogen (secondary N) is 1. The maximum Gasteiger partial charge on any atom is 0.226 e. The van der Waals surface area contributed by atoms with Crippen LogP contribution in [0.3, 0.4) is 0 Å². The lowest BCUT2D eigenvalue weighted by Crippen LogP contribution is -2.22. The van der Waals surface area contributed by atoms with E-state index in [1.54, 1.807) is 24.3 Å². The molecule has 3 rings (SSSR count). The Morgan fingerprint density at radius 3 is 2.48 bits per heavy atom. The minimum atomic E-state index is -3.68. The zero-order valence-corrected chi connectivity index (χ0v) is 15.3. The van der Waals surface area contributed by atoms with Crippen LogP contribution in [0.15, 0.2) is 34.2 Å². The van der Waals surface area contributed by atoms with Crippen LogP contribution in [0.5, 0.6) is 0 Å². The predicted octanol–water partition coefficient (Wildman–Crippen LogP) is 4.68. The molecule has 0 spiro atoms. The second kappa shape index (κ2) is 6.79. The van der Waals surface area contributed by atoms with Crippen LogP contribution >= 0.6 is 22.9 Å². The molecule has 1 aliphatic rings. The minimum absolute atomic E-state index is 0.0497. The third-order valence-electron chi connectivity index (χ3n) is 4.08. The van der Waals surface area contributed by atoms with E-state index in [1.165, 1.54) is 30.6 Å². The lowest BCUT2D eigenvalue weighted by atomic mass is 9.96. The van der Waals surface area contributed by atoms with Crippen molar-refractivity contribution in [3.8, 4) is 0 Å². The van der Waals surface area contributed by atoms with E-state index in [9.17, 15) is 8.42 Å². The molecule has 1 fully saturated rings. The van der Waals surface area contributed by atoms with Gasteiger partial charge in [-0.2, -0.15) is 0 Å². The van der Waals surface area contributed by atoms with E-state index in [0.717, 1.165) is 18.4 Å². The normalized spacial score (nSPS) is 16.4. The molecule has 0 aliphatic heterocycles. The van der Waals surface area contributed by atoms with Crippen molar-refractivity contribution in [2.75, 3.05) is 5.32 Å². The Labute approximate surface area is 145 Å². The molecule has 1 aliphatic carbocycles. The molecule has 0 bridgehead atoms. The Hall–Kier alpha value is -1.11. The van der Waals surface area contributed by atoms with Crippen molar-refractivity contribution in [1.29, 1.82) is 0 Å². The van der Waals surface area contributed by atoms with Crippen LogP contribution in [0, 0.1) is 6.92 Å². The first kappa shape index (κ1) is 16.7. The molecule has 124 valence electrons. The van der Waals surface area contributed by atoms with Crippen LogP contribution in [0.25, 0.3) is 0 Å². The highest BCUT2D eigenvalue weighted by Gasteiger charge is 2.26. The number of halogens is 1. The quantitative estimate of drug-likeness (QED) is 0.848.